The zero-order valence-electron chi connectivity index (χ0n) is 18.2. The second-order valence-corrected chi connectivity index (χ2v) is 7.34. The van der Waals surface area contributed by atoms with Gasteiger partial charge >= 0.3 is 11.7 Å². The Labute approximate surface area is 187 Å². The zero-order chi connectivity index (χ0) is 23.7. The second-order valence-electron chi connectivity index (χ2n) is 7.34. The van der Waals surface area contributed by atoms with Crippen LogP contribution in [0.1, 0.15) is 21.6 Å². The van der Waals surface area contributed by atoms with Crippen LogP contribution in [0.3, 0.4) is 0 Å². The minimum atomic E-state index is -0.730. The summed E-state index contributed by atoms with van der Waals surface area (Å²) < 4.78 is 25.8. The number of ether oxygens (including phenoxy) is 2. The number of carbonyl (C=O) groups excluding carboxylic acids is 1. The summed E-state index contributed by atoms with van der Waals surface area (Å²) in [7, 11) is 2.70. The first-order valence-electron chi connectivity index (χ1n) is 9.98. The second kappa shape index (κ2) is 8.70. The number of fused-ring (bicyclic) bond motifs is 1. The van der Waals surface area contributed by atoms with E-state index in [4.69, 9.17) is 9.47 Å². The summed E-state index contributed by atoms with van der Waals surface area (Å²) in [4.78, 5) is 44.0. The van der Waals surface area contributed by atoms with Crippen molar-refractivity contribution in [2.45, 2.75) is 13.5 Å². The van der Waals surface area contributed by atoms with E-state index in [1.165, 1.54) is 49.1 Å². The largest absolute Gasteiger partial charge is 0.497 e. The molecule has 0 bridgehead atoms. The van der Waals surface area contributed by atoms with E-state index in [-0.39, 0.29) is 23.1 Å². The molecule has 0 fully saturated rings. The van der Waals surface area contributed by atoms with E-state index < -0.39 is 23.0 Å². The van der Waals surface area contributed by atoms with Crippen LogP contribution in [-0.2, 0) is 11.3 Å². The highest BCUT2D eigenvalue weighted by Crippen LogP contribution is 2.21. The number of methoxy groups -OCH3 is 2. The van der Waals surface area contributed by atoms with Crippen molar-refractivity contribution in [2.75, 3.05) is 14.2 Å². The van der Waals surface area contributed by atoms with E-state index in [2.05, 4.69) is 4.98 Å². The lowest BCUT2D eigenvalue weighted by Crippen LogP contribution is -2.40. The first kappa shape index (κ1) is 21.9. The molecular formula is C24H20FN3O5. The van der Waals surface area contributed by atoms with Gasteiger partial charge in [-0.25, -0.2) is 23.5 Å². The molecule has 0 saturated carbocycles. The average Bonchev–Trinajstić information content (AvgIpc) is 2.82. The number of rotatable bonds is 5. The van der Waals surface area contributed by atoms with Crippen LogP contribution in [0.5, 0.6) is 5.75 Å². The smallest absolute Gasteiger partial charge is 0.338 e. The summed E-state index contributed by atoms with van der Waals surface area (Å²) >= 11 is 0. The fourth-order valence-electron chi connectivity index (χ4n) is 3.63. The van der Waals surface area contributed by atoms with Gasteiger partial charge in [0.05, 0.1) is 37.4 Å². The van der Waals surface area contributed by atoms with Crippen LogP contribution in [0.2, 0.25) is 0 Å². The Bertz CT molecular complexity index is 1490. The van der Waals surface area contributed by atoms with Crippen molar-refractivity contribution in [3.63, 3.8) is 0 Å². The van der Waals surface area contributed by atoms with Crippen molar-refractivity contribution >= 4 is 17.0 Å². The minimum Gasteiger partial charge on any atom is -0.497 e. The van der Waals surface area contributed by atoms with Crippen LogP contribution in [-0.4, -0.2) is 34.3 Å². The molecule has 0 amide bonds. The molecule has 9 heteroatoms. The van der Waals surface area contributed by atoms with Crippen molar-refractivity contribution in [1.29, 1.82) is 0 Å². The van der Waals surface area contributed by atoms with Gasteiger partial charge in [0.2, 0.25) is 0 Å². The Balaban J connectivity index is 2.13. The van der Waals surface area contributed by atoms with Gasteiger partial charge in [-0.05, 0) is 42.8 Å². The minimum absolute atomic E-state index is 0.00509. The molecule has 0 saturated heterocycles. The van der Waals surface area contributed by atoms with Gasteiger partial charge in [-0.1, -0.05) is 18.2 Å². The molecule has 0 aliphatic carbocycles. The van der Waals surface area contributed by atoms with Crippen molar-refractivity contribution in [3.8, 4) is 11.4 Å². The highest BCUT2D eigenvalue weighted by atomic mass is 19.1. The van der Waals surface area contributed by atoms with Gasteiger partial charge < -0.3 is 9.47 Å². The number of halogens is 1. The Hall–Kier alpha value is -4.27. The quantitative estimate of drug-likeness (QED) is 0.435. The molecule has 0 radical (unpaired) electrons. The number of hydrogen-bond acceptors (Lipinski definition) is 6. The number of esters is 1. The maximum Gasteiger partial charge on any atom is 0.338 e. The van der Waals surface area contributed by atoms with Gasteiger partial charge in [0.25, 0.3) is 5.56 Å². The molecule has 2 aromatic heterocycles. The Morgan fingerprint density at radius 3 is 2.45 bits per heavy atom. The number of aromatic nitrogens is 3. The molecule has 2 heterocycles. The summed E-state index contributed by atoms with van der Waals surface area (Å²) in [5.41, 5.74) is 0.00135. The molecular weight excluding hydrogens is 429 g/mol. The molecule has 0 aliphatic rings. The lowest BCUT2D eigenvalue weighted by molar-refractivity contribution is 0.0602. The monoisotopic (exact) mass is 449 g/mol. The summed E-state index contributed by atoms with van der Waals surface area (Å²) in [6.45, 7) is 1.52. The lowest BCUT2D eigenvalue weighted by Gasteiger charge is -2.16. The van der Waals surface area contributed by atoms with Crippen molar-refractivity contribution < 1.29 is 18.7 Å². The number of hydrogen-bond donors (Lipinski definition) is 0. The molecule has 2 aromatic carbocycles. The van der Waals surface area contributed by atoms with E-state index in [0.717, 1.165) is 4.57 Å². The summed E-state index contributed by atoms with van der Waals surface area (Å²) in [6, 6.07) is 13.6. The molecule has 33 heavy (non-hydrogen) atoms. The fraction of sp³-hybridized carbons (Fsp3) is 0.167. The van der Waals surface area contributed by atoms with Crippen molar-refractivity contribution in [1.82, 2.24) is 14.1 Å². The number of benzene rings is 2. The standard InChI is InChI=1S/C24H20FN3O5/c1-14-11-19(23(30)33-3)20-21(26-14)28(17-5-4-6-18(12-17)32-2)24(31)27(22(20)29)13-15-7-9-16(25)10-8-15/h4-12H,13H2,1-3H3. The Morgan fingerprint density at radius 2 is 1.79 bits per heavy atom. The maximum atomic E-state index is 13.6. The summed E-state index contributed by atoms with van der Waals surface area (Å²) in [6.07, 6.45) is 0. The van der Waals surface area contributed by atoms with Gasteiger partial charge in [0.1, 0.15) is 11.6 Å². The third kappa shape index (κ3) is 4.00. The molecule has 0 atom stereocenters. The molecule has 0 N–H and O–H groups in total. The summed E-state index contributed by atoms with van der Waals surface area (Å²) in [5, 5.41) is -0.0584. The molecule has 4 rings (SSSR count). The van der Waals surface area contributed by atoms with Crippen LogP contribution < -0.4 is 16.0 Å². The van der Waals surface area contributed by atoms with Gasteiger partial charge in [-0.15, -0.1) is 0 Å². The predicted molar refractivity (Wildman–Crippen MR) is 120 cm³/mol. The molecule has 168 valence electrons. The van der Waals surface area contributed by atoms with E-state index in [0.29, 0.717) is 22.7 Å². The number of nitrogens with zero attached hydrogens (tertiary/aromatic N) is 3. The van der Waals surface area contributed by atoms with Gasteiger partial charge in [-0.3, -0.25) is 9.36 Å². The van der Waals surface area contributed by atoms with Crippen molar-refractivity contribution in [3.05, 3.63) is 98.1 Å². The van der Waals surface area contributed by atoms with E-state index >= 15 is 0 Å². The van der Waals surface area contributed by atoms with Gasteiger partial charge in [0, 0.05) is 11.8 Å². The topological polar surface area (TPSA) is 92.4 Å². The predicted octanol–water partition coefficient (Wildman–Crippen LogP) is 2.84. The van der Waals surface area contributed by atoms with E-state index in [1.54, 1.807) is 31.2 Å². The lowest BCUT2D eigenvalue weighted by atomic mass is 10.1. The van der Waals surface area contributed by atoms with Crippen LogP contribution in [0.25, 0.3) is 16.7 Å². The third-order valence-electron chi connectivity index (χ3n) is 5.19. The van der Waals surface area contributed by atoms with Crippen LogP contribution in [0.4, 0.5) is 4.39 Å². The molecule has 4 aromatic rings. The molecule has 0 spiro atoms. The Morgan fingerprint density at radius 1 is 1.06 bits per heavy atom. The highest BCUT2D eigenvalue weighted by molar-refractivity contribution is 6.02. The van der Waals surface area contributed by atoms with Crippen molar-refractivity contribution in [2.24, 2.45) is 0 Å². The van der Waals surface area contributed by atoms with Gasteiger partial charge in [0.15, 0.2) is 5.65 Å². The van der Waals surface area contributed by atoms with Crippen LogP contribution in [0.15, 0.2) is 64.2 Å². The highest BCUT2D eigenvalue weighted by Gasteiger charge is 2.23. The number of carbonyl (C=O) groups is 1. The number of pyridine rings is 1. The normalized spacial score (nSPS) is 10.9. The fourth-order valence-corrected chi connectivity index (χ4v) is 3.63. The van der Waals surface area contributed by atoms with E-state index in [1.807, 2.05) is 0 Å². The first-order valence-corrected chi connectivity index (χ1v) is 9.98. The summed E-state index contributed by atoms with van der Waals surface area (Å²) in [5.74, 6) is -0.678. The molecule has 8 nitrogen and oxygen atoms in total. The van der Waals surface area contributed by atoms with E-state index in [9.17, 15) is 18.8 Å². The Kier molecular flexibility index (Phi) is 5.78. The average molecular weight is 449 g/mol. The first-order chi connectivity index (χ1) is 15.8. The maximum absolute atomic E-state index is 13.6. The molecule has 0 aliphatic heterocycles. The van der Waals surface area contributed by atoms with Crippen LogP contribution in [0, 0.1) is 12.7 Å². The number of aryl methyl sites for hydroxylation is 1. The molecule has 0 unspecified atom stereocenters. The van der Waals surface area contributed by atoms with Gasteiger partial charge in [-0.2, -0.15) is 0 Å². The third-order valence-corrected chi connectivity index (χ3v) is 5.19. The zero-order valence-corrected chi connectivity index (χ0v) is 18.2. The van der Waals surface area contributed by atoms with Crippen LogP contribution >= 0.6 is 0 Å². The SMILES string of the molecule is COC(=O)c1cc(C)nc2c1c(=O)n(Cc1ccc(F)cc1)c(=O)n2-c1cccc(OC)c1.